The lowest BCUT2D eigenvalue weighted by Crippen LogP contribution is -2.01. The SMILES string of the molecule is CC1CP(C)(=O)CC1C. The first kappa shape index (κ1) is 7.34. The number of rotatable bonds is 0. The summed E-state index contributed by atoms with van der Waals surface area (Å²) in [5.74, 6) is 1.39. The van der Waals surface area contributed by atoms with E-state index in [1.807, 2.05) is 6.66 Å². The lowest BCUT2D eigenvalue weighted by Gasteiger charge is -2.03. The minimum atomic E-state index is -1.66. The van der Waals surface area contributed by atoms with Crippen molar-refractivity contribution in [2.45, 2.75) is 13.8 Å². The maximum absolute atomic E-state index is 11.4. The molecule has 0 saturated carbocycles. The van der Waals surface area contributed by atoms with Gasteiger partial charge in [-0.25, -0.2) is 0 Å². The van der Waals surface area contributed by atoms with Crippen molar-refractivity contribution in [1.82, 2.24) is 0 Å². The fraction of sp³-hybridized carbons (Fsp3) is 1.00. The molecule has 0 radical (unpaired) electrons. The maximum Gasteiger partial charge on any atom is 0.0853 e. The van der Waals surface area contributed by atoms with E-state index in [1.165, 1.54) is 0 Å². The van der Waals surface area contributed by atoms with Crippen molar-refractivity contribution >= 4 is 7.14 Å². The topological polar surface area (TPSA) is 17.1 Å². The van der Waals surface area contributed by atoms with Crippen molar-refractivity contribution in [2.24, 2.45) is 11.8 Å². The third kappa shape index (κ3) is 1.58. The molecule has 1 fully saturated rings. The zero-order chi connectivity index (χ0) is 7.07. The van der Waals surface area contributed by atoms with E-state index in [9.17, 15) is 4.57 Å². The second-order valence-electron chi connectivity index (χ2n) is 3.62. The summed E-state index contributed by atoms with van der Waals surface area (Å²) in [7, 11) is -1.66. The third-order valence-electron chi connectivity index (χ3n) is 2.32. The Labute approximate surface area is 57.2 Å². The minimum Gasteiger partial charge on any atom is -0.324 e. The summed E-state index contributed by atoms with van der Waals surface area (Å²) in [5.41, 5.74) is 0. The van der Waals surface area contributed by atoms with Crippen LogP contribution in [0.15, 0.2) is 0 Å². The Morgan fingerprint density at radius 2 is 1.56 bits per heavy atom. The molecule has 9 heavy (non-hydrogen) atoms. The van der Waals surface area contributed by atoms with E-state index in [2.05, 4.69) is 13.8 Å². The Hall–Kier alpha value is 0.230. The Morgan fingerprint density at radius 3 is 1.67 bits per heavy atom. The van der Waals surface area contributed by atoms with E-state index in [0.29, 0.717) is 11.8 Å². The van der Waals surface area contributed by atoms with Crippen LogP contribution in [0, 0.1) is 11.8 Å². The van der Waals surface area contributed by atoms with E-state index in [4.69, 9.17) is 0 Å². The van der Waals surface area contributed by atoms with Gasteiger partial charge in [0.1, 0.15) is 0 Å². The normalized spacial score (nSPS) is 51.9. The predicted molar refractivity (Wildman–Crippen MR) is 41.6 cm³/mol. The van der Waals surface area contributed by atoms with Gasteiger partial charge >= 0.3 is 0 Å². The van der Waals surface area contributed by atoms with Crippen LogP contribution in [-0.2, 0) is 4.57 Å². The van der Waals surface area contributed by atoms with Gasteiger partial charge in [-0.3, -0.25) is 0 Å². The molecule has 1 rings (SSSR count). The van der Waals surface area contributed by atoms with Gasteiger partial charge in [-0.05, 0) is 18.5 Å². The van der Waals surface area contributed by atoms with Crippen LogP contribution in [0.1, 0.15) is 13.8 Å². The van der Waals surface area contributed by atoms with Gasteiger partial charge in [-0.15, -0.1) is 0 Å². The Morgan fingerprint density at radius 1 is 1.22 bits per heavy atom. The van der Waals surface area contributed by atoms with Crippen molar-refractivity contribution in [1.29, 1.82) is 0 Å². The van der Waals surface area contributed by atoms with Gasteiger partial charge in [0.2, 0.25) is 0 Å². The molecule has 0 bridgehead atoms. The van der Waals surface area contributed by atoms with Crippen LogP contribution in [0.25, 0.3) is 0 Å². The Bertz CT molecular complexity index is 139. The first-order valence-electron chi connectivity index (χ1n) is 3.57. The summed E-state index contributed by atoms with van der Waals surface area (Å²) in [6.45, 7) is 6.34. The molecule has 2 unspecified atom stereocenters. The average molecular weight is 146 g/mol. The van der Waals surface area contributed by atoms with Crippen LogP contribution >= 0.6 is 7.14 Å². The van der Waals surface area contributed by atoms with Crippen LogP contribution in [0.5, 0.6) is 0 Å². The number of hydrogen-bond donors (Lipinski definition) is 0. The first-order valence-corrected chi connectivity index (χ1v) is 6.09. The molecule has 1 nitrogen and oxygen atoms in total. The quantitative estimate of drug-likeness (QED) is 0.479. The molecule has 1 aliphatic heterocycles. The molecule has 0 aliphatic carbocycles. The number of hydrogen-bond acceptors (Lipinski definition) is 1. The molecule has 1 aliphatic rings. The largest absolute Gasteiger partial charge is 0.324 e. The standard InChI is InChI=1S/C7H15OP/c1-6-4-9(3,8)5-7(6)2/h6-7H,4-5H2,1-3H3. The van der Waals surface area contributed by atoms with E-state index < -0.39 is 7.14 Å². The Kier molecular flexibility index (Phi) is 1.73. The minimum absolute atomic E-state index is 0.695. The highest BCUT2D eigenvalue weighted by atomic mass is 31.2. The van der Waals surface area contributed by atoms with Crippen molar-refractivity contribution < 1.29 is 4.57 Å². The van der Waals surface area contributed by atoms with E-state index in [-0.39, 0.29) is 0 Å². The molecule has 2 heteroatoms. The second kappa shape index (κ2) is 2.12. The lowest BCUT2D eigenvalue weighted by molar-refractivity contribution is 0.494. The summed E-state index contributed by atoms with van der Waals surface area (Å²) >= 11 is 0. The third-order valence-corrected chi connectivity index (χ3v) is 5.02. The van der Waals surface area contributed by atoms with Gasteiger partial charge in [-0.2, -0.15) is 0 Å². The van der Waals surface area contributed by atoms with Crippen molar-refractivity contribution in [3.05, 3.63) is 0 Å². The highest BCUT2D eigenvalue weighted by Crippen LogP contribution is 2.52. The van der Waals surface area contributed by atoms with Gasteiger partial charge in [0, 0.05) is 12.3 Å². The van der Waals surface area contributed by atoms with E-state index >= 15 is 0 Å². The van der Waals surface area contributed by atoms with E-state index in [1.54, 1.807) is 0 Å². The highest BCUT2D eigenvalue weighted by Gasteiger charge is 2.32. The smallest absolute Gasteiger partial charge is 0.0853 e. The summed E-state index contributed by atoms with van der Waals surface area (Å²) in [5, 5.41) is 0. The van der Waals surface area contributed by atoms with Gasteiger partial charge in [0.25, 0.3) is 0 Å². The average Bonchev–Trinajstić information content (AvgIpc) is 1.79. The molecule has 2 atom stereocenters. The van der Waals surface area contributed by atoms with Crippen LogP contribution < -0.4 is 0 Å². The van der Waals surface area contributed by atoms with Crippen LogP contribution in [0.4, 0.5) is 0 Å². The van der Waals surface area contributed by atoms with Crippen molar-refractivity contribution in [3.8, 4) is 0 Å². The van der Waals surface area contributed by atoms with Crippen molar-refractivity contribution in [3.63, 3.8) is 0 Å². The van der Waals surface area contributed by atoms with Gasteiger partial charge in [-0.1, -0.05) is 13.8 Å². The molecule has 0 amide bonds. The fourth-order valence-corrected chi connectivity index (χ4v) is 4.96. The predicted octanol–water partition coefficient (Wildman–Crippen LogP) is 2.27. The first-order chi connectivity index (χ1) is 4.01. The summed E-state index contributed by atoms with van der Waals surface area (Å²) in [6, 6.07) is 0. The molecule has 1 saturated heterocycles. The molecule has 54 valence electrons. The summed E-state index contributed by atoms with van der Waals surface area (Å²) in [4.78, 5) is 0. The maximum atomic E-state index is 11.4. The molecule has 0 aromatic carbocycles. The van der Waals surface area contributed by atoms with Crippen LogP contribution in [0.3, 0.4) is 0 Å². The zero-order valence-corrected chi connectivity index (χ0v) is 7.32. The molecule has 1 heterocycles. The summed E-state index contributed by atoms with van der Waals surface area (Å²) < 4.78 is 11.4. The fourth-order valence-electron chi connectivity index (χ4n) is 1.65. The van der Waals surface area contributed by atoms with Gasteiger partial charge in [0.05, 0.1) is 7.14 Å². The lowest BCUT2D eigenvalue weighted by atomic mass is 10.0. The monoisotopic (exact) mass is 146 g/mol. The van der Waals surface area contributed by atoms with Gasteiger partial charge < -0.3 is 4.57 Å². The summed E-state index contributed by atoms with van der Waals surface area (Å²) in [6.07, 6.45) is 1.96. The van der Waals surface area contributed by atoms with Crippen LogP contribution in [-0.4, -0.2) is 19.0 Å². The molecule has 0 spiro atoms. The second-order valence-corrected chi connectivity index (χ2v) is 6.94. The zero-order valence-electron chi connectivity index (χ0n) is 6.42. The molecule has 0 N–H and O–H groups in total. The molecular formula is C7H15OP. The van der Waals surface area contributed by atoms with Crippen LogP contribution in [0.2, 0.25) is 0 Å². The molecular weight excluding hydrogens is 131 g/mol. The van der Waals surface area contributed by atoms with Crippen molar-refractivity contribution in [2.75, 3.05) is 19.0 Å². The highest BCUT2D eigenvalue weighted by molar-refractivity contribution is 7.63. The molecule has 0 aromatic heterocycles. The molecule has 0 aromatic rings. The Balaban J connectivity index is 2.65. The van der Waals surface area contributed by atoms with E-state index in [0.717, 1.165) is 12.3 Å². The van der Waals surface area contributed by atoms with Gasteiger partial charge in [0.15, 0.2) is 0 Å².